The minimum Gasteiger partial charge on any atom is -0.376 e. The lowest BCUT2D eigenvalue weighted by atomic mass is 10.1. The van der Waals surface area contributed by atoms with Gasteiger partial charge in [0, 0.05) is 37.8 Å². The largest absolute Gasteiger partial charge is 0.376 e. The van der Waals surface area contributed by atoms with Crippen LogP contribution in [0.3, 0.4) is 0 Å². The molecular weight excluding hydrogens is 290 g/mol. The van der Waals surface area contributed by atoms with Crippen LogP contribution >= 0.6 is 11.8 Å². The minimum absolute atomic E-state index is 0.0296. The third-order valence-corrected chi connectivity index (χ3v) is 5.33. The van der Waals surface area contributed by atoms with Crippen LogP contribution in [0, 0.1) is 0 Å². The predicted octanol–water partition coefficient (Wildman–Crippen LogP) is 0.765. The molecule has 116 valence electrons. The van der Waals surface area contributed by atoms with Gasteiger partial charge in [-0.3, -0.25) is 9.59 Å². The summed E-state index contributed by atoms with van der Waals surface area (Å²) in [6.07, 6.45) is 4.06. The SMILES string of the molecule is O=C1CCC(C(=O)N(CC2CCCO2)C2CCSC2)=NN1. The van der Waals surface area contributed by atoms with Crippen molar-refractivity contribution in [3.05, 3.63) is 0 Å². The van der Waals surface area contributed by atoms with Crippen molar-refractivity contribution < 1.29 is 14.3 Å². The van der Waals surface area contributed by atoms with Gasteiger partial charge in [0.15, 0.2) is 0 Å². The lowest BCUT2D eigenvalue weighted by Crippen LogP contribution is -2.48. The quantitative estimate of drug-likeness (QED) is 0.832. The van der Waals surface area contributed by atoms with E-state index in [-0.39, 0.29) is 24.0 Å². The summed E-state index contributed by atoms with van der Waals surface area (Å²) in [6, 6.07) is 0.270. The van der Waals surface area contributed by atoms with Gasteiger partial charge < -0.3 is 9.64 Å². The smallest absolute Gasteiger partial charge is 0.270 e. The maximum atomic E-state index is 12.8. The molecule has 2 fully saturated rings. The molecule has 0 spiro atoms. The number of amides is 2. The van der Waals surface area contributed by atoms with Gasteiger partial charge in [0.2, 0.25) is 5.91 Å². The number of carbonyl (C=O) groups is 2. The molecule has 3 heterocycles. The zero-order valence-corrected chi connectivity index (χ0v) is 12.9. The molecule has 3 aliphatic rings. The summed E-state index contributed by atoms with van der Waals surface area (Å²) >= 11 is 1.89. The fourth-order valence-corrected chi connectivity index (χ4v) is 4.19. The van der Waals surface area contributed by atoms with Crippen LogP contribution in [0.1, 0.15) is 32.1 Å². The Labute approximate surface area is 128 Å². The van der Waals surface area contributed by atoms with Crippen molar-refractivity contribution in [1.29, 1.82) is 0 Å². The molecule has 21 heavy (non-hydrogen) atoms. The van der Waals surface area contributed by atoms with E-state index in [4.69, 9.17) is 4.74 Å². The van der Waals surface area contributed by atoms with E-state index in [1.54, 1.807) is 0 Å². The molecule has 0 aromatic rings. The van der Waals surface area contributed by atoms with Crippen molar-refractivity contribution in [2.45, 2.75) is 44.2 Å². The van der Waals surface area contributed by atoms with Crippen molar-refractivity contribution >= 4 is 29.3 Å². The molecular formula is C14H21N3O3S. The van der Waals surface area contributed by atoms with Gasteiger partial charge in [-0.25, -0.2) is 5.43 Å². The monoisotopic (exact) mass is 311 g/mol. The summed E-state index contributed by atoms with van der Waals surface area (Å²) in [5.41, 5.74) is 2.89. The third-order valence-electron chi connectivity index (χ3n) is 4.18. The van der Waals surface area contributed by atoms with Gasteiger partial charge in [0.25, 0.3) is 5.91 Å². The Morgan fingerprint density at radius 3 is 2.95 bits per heavy atom. The molecule has 3 rings (SSSR count). The Morgan fingerprint density at radius 2 is 2.33 bits per heavy atom. The number of hydrogen-bond donors (Lipinski definition) is 1. The molecule has 0 bridgehead atoms. The van der Waals surface area contributed by atoms with Crippen molar-refractivity contribution in [2.24, 2.45) is 5.10 Å². The van der Waals surface area contributed by atoms with Gasteiger partial charge in [-0.15, -0.1) is 0 Å². The summed E-state index contributed by atoms with van der Waals surface area (Å²) < 4.78 is 5.69. The second-order valence-corrected chi connectivity index (χ2v) is 6.85. The van der Waals surface area contributed by atoms with E-state index in [1.165, 1.54) is 0 Å². The van der Waals surface area contributed by atoms with Crippen LogP contribution in [-0.4, -0.2) is 59.2 Å². The second kappa shape index (κ2) is 6.79. The molecule has 0 aromatic heterocycles. The second-order valence-electron chi connectivity index (χ2n) is 5.70. The molecule has 0 aliphatic carbocycles. The summed E-state index contributed by atoms with van der Waals surface area (Å²) in [5.74, 6) is 1.94. The highest BCUT2D eigenvalue weighted by Crippen LogP contribution is 2.25. The van der Waals surface area contributed by atoms with Crippen LogP contribution in [0.25, 0.3) is 0 Å². The predicted molar refractivity (Wildman–Crippen MR) is 81.2 cm³/mol. The molecule has 0 aromatic carbocycles. The number of nitrogens with zero attached hydrogens (tertiary/aromatic N) is 2. The Balaban J connectivity index is 1.70. The maximum Gasteiger partial charge on any atom is 0.270 e. The van der Waals surface area contributed by atoms with E-state index in [0.717, 1.165) is 37.4 Å². The van der Waals surface area contributed by atoms with Crippen LogP contribution in [0.2, 0.25) is 0 Å². The van der Waals surface area contributed by atoms with Crippen LogP contribution in [0.4, 0.5) is 0 Å². The Kier molecular flexibility index (Phi) is 4.80. The first-order valence-electron chi connectivity index (χ1n) is 7.60. The molecule has 2 saturated heterocycles. The summed E-state index contributed by atoms with van der Waals surface area (Å²) in [5, 5.41) is 3.96. The highest BCUT2D eigenvalue weighted by molar-refractivity contribution is 7.99. The van der Waals surface area contributed by atoms with E-state index < -0.39 is 0 Å². The van der Waals surface area contributed by atoms with E-state index in [9.17, 15) is 9.59 Å². The number of carbonyl (C=O) groups excluding carboxylic acids is 2. The molecule has 1 N–H and O–H groups in total. The lowest BCUT2D eigenvalue weighted by molar-refractivity contribution is -0.128. The maximum absolute atomic E-state index is 12.8. The van der Waals surface area contributed by atoms with E-state index in [0.29, 0.717) is 25.1 Å². The third kappa shape index (κ3) is 3.58. The van der Waals surface area contributed by atoms with Gasteiger partial charge in [0.05, 0.1) is 6.10 Å². The normalized spacial score (nSPS) is 29.1. The van der Waals surface area contributed by atoms with Crippen molar-refractivity contribution in [3.8, 4) is 0 Å². The van der Waals surface area contributed by atoms with Crippen LogP contribution < -0.4 is 5.43 Å². The Bertz CT molecular complexity index is 443. The zero-order chi connectivity index (χ0) is 14.7. The Morgan fingerprint density at radius 1 is 1.43 bits per heavy atom. The van der Waals surface area contributed by atoms with Gasteiger partial charge >= 0.3 is 0 Å². The zero-order valence-electron chi connectivity index (χ0n) is 12.0. The van der Waals surface area contributed by atoms with E-state index in [2.05, 4.69) is 10.5 Å². The number of hydrazone groups is 1. The van der Waals surface area contributed by atoms with Crippen LogP contribution in [0.5, 0.6) is 0 Å². The highest BCUT2D eigenvalue weighted by Gasteiger charge is 2.33. The van der Waals surface area contributed by atoms with Crippen molar-refractivity contribution in [1.82, 2.24) is 10.3 Å². The minimum atomic E-state index is -0.117. The standard InChI is InChI=1S/C14H21N3O3S/c18-13-4-3-12(15-16-13)14(19)17(10-5-7-21-9-10)8-11-2-1-6-20-11/h10-11H,1-9H2,(H,16,18). The average Bonchev–Trinajstić information content (AvgIpc) is 3.18. The molecule has 0 radical (unpaired) electrons. The molecule has 2 amide bonds. The summed E-state index contributed by atoms with van der Waals surface area (Å²) in [4.78, 5) is 25.9. The lowest BCUT2D eigenvalue weighted by Gasteiger charge is -2.31. The average molecular weight is 311 g/mol. The van der Waals surface area contributed by atoms with E-state index >= 15 is 0 Å². The van der Waals surface area contributed by atoms with Gasteiger partial charge in [-0.2, -0.15) is 16.9 Å². The molecule has 2 atom stereocenters. The van der Waals surface area contributed by atoms with Gasteiger partial charge in [0.1, 0.15) is 5.71 Å². The first-order chi connectivity index (χ1) is 10.2. The molecule has 3 aliphatic heterocycles. The van der Waals surface area contributed by atoms with Gasteiger partial charge in [-0.05, 0) is 25.0 Å². The van der Waals surface area contributed by atoms with E-state index in [1.807, 2.05) is 16.7 Å². The number of nitrogens with one attached hydrogen (secondary N) is 1. The van der Waals surface area contributed by atoms with Gasteiger partial charge in [-0.1, -0.05) is 0 Å². The molecule has 6 nitrogen and oxygen atoms in total. The fourth-order valence-electron chi connectivity index (χ4n) is 2.97. The summed E-state index contributed by atoms with van der Waals surface area (Å²) in [7, 11) is 0. The molecule has 7 heteroatoms. The highest BCUT2D eigenvalue weighted by atomic mass is 32.2. The molecule has 2 unspecified atom stereocenters. The first kappa shape index (κ1) is 14.8. The number of rotatable bonds is 4. The number of ether oxygens (including phenoxy) is 1. The van der Waals surface area contributed by atoms with Crippen molar-refractivity contribution in [2.75, 3.05) is 24.7 Å². The first-order valence-corrected chi connectivity index (χ1v) is 8.75. The summed E-state index contributed by atoms with van der Waals surface area (Å²) in [6.45, 7) is 1.44. The fraction of sp³-hybridized carbons (Fsp3) is 0.786. The van der Waals surface area contributed by atoms with Crippen LogP contribution in [-0.2, 0) is 14.3 Å². The molecule has 0 saturated carbocycles. The number of thioether (sulfide) groups is 1. The van der Waals surface area contributed by atoms with Crippen molar-refractivity contribution in [3.63, 3.8) is 0 Å². The van der Waals surface area contributed by atoms with Crippen LogP contribution in [0.15, 0.2) is 5.10 Å². The topological polar surface area (TPSA) is 71.0 Å². The Hall–Kier alpha value is -1.08. The number of hydrogen-bond acceptors (Lipinski definition) is 5.